The molecule has 0 saturated heterocycles. The van der Waals surface area contributed by atoms with Crippen LogP contribution in [0, 0.1) is 7.43 Å². The molecule has 0 N–H and O–H groups in total. The molecule has 0 fully saturated rings. The van der Waals surface area contributed by atoms with Gasteiger partial charge < -0.3 is 7.43 Å². The van der Waals surface area contributed by atoms with E-state index in [1.807, 2.05) is 112 Å². The van der Waals surface area contributed by atoms with Gasteiger partial charge in [-0.3, -0.25) is 59.8 Å². The van der Waals surface area contributed by atoms with Crippen molar-refractivity contribution in [3.63, 3.8) is 0 Å². The van der Waals surface area contributed by atoms with E-state index in [1.165, 1.54) is 66.8 Å². The minimum absolute atomic E-state index is 0. The smallest absolute Gasteiger partial charge is 0.0888 e. The fourth-order valence-corrected chi connectivity index (χ4v) is 9.65. The molecule has 0 radical (unpaired) electrons. The number of rotatable bonds is 21. The van der Waals surface area contributed by atoms with E-state index in [-0.39, 0.29) is 24.5 Å². The topological polar surface area (TPSA) is 155 Å². The van der Waals surface area contributed by atoms with Crippen molar-refractivity contribution in [2.45, 2.75) is 77.0 Å². The Hall–Kier alpha value is -9.68. The van der Waals surface area contributed by atoms with Gasteiger partial charge in [0.2, 0.25) is 0 Å². The van der Waals surface area contributed by atoms with Gasteiger partial charge in [-0.05, 0) is 289 Å². The minimum Gasteiger partial charge on any atom is -0.358 e. The molecular weight excluding hydrogens is 1100 g/mol. The van der Waals surface area contributed by atoms with E-state index in [1.54, 1.807) is 0 Å². The van der Waals surface area contributed by atoms with E-state index in [9.17, 15) is 0 Å². The molecule has 12 heterocycles. The third kappa shape index (κ3) is 20.3. The average molecular weight is 1170 g/mol. The van der Waals surface area contributed by atoms with Gasteiger partial charge in [0.1, 0.15) is 0 Å². The minimum atomic E-state index is 0. The SMILES string of the molecule is [CH3-].[Fe].c1cc(CCc2ccnc(-c3cc(CCc4ccncc4)ccn3)c2)ccn1.c1cc(CCc2ccnc(-c3cc(CCc4ccncc4)ccn3)c2)ccn1.c1cc(CCc2ccnc(-c3cc(CCc4ccncc4)ccn3)c2)ccn1. The molecule has 13 heteroatoms. The van der Waals surface area contributed by atoms with Gasteiger partial charge in [0.05, 0.1) is 34.2 Å². The first-order chi connectivity index (χ1) is 41.6. The fourth-order valence-electron chi connectivity index (χ4n) is 9.65. The number of hydrogen-bond acceptors (Lipinski definition) is 12. The second-order valence-electron chi connectivity index (χ2n) is 20.4. The van der Waals surface area contributed by atoms with Gasteiger partial charge >= 0.3 is 0 Å². The van der Waals surface area contributed by atoms with Crippen molar-refractivity contribution in [2.24, 2.45) is 0 Å². The predicted octanol–water partition coefficient (Wildman–Crippen LogP) is 14.0. The molecule has 0 spiro atoms. The monoisotopic (exact) mass is 1170 g/mol. The summed E-state index contributed by atoms with van der Waals surface area (Å²) >= 11 is 0. The molecule has 0 aliphatic rings. The van der Waals surface area contributed by atoms with Crippen LogP contribution >= 0.6 is 0 Å². The van der Waals surface area contributed by atoms with Crippen LogP contribution in [-0.4, -0.2) is 59.8 Å². The van der Waals surface area contributed by atoms with Gasteiger partial charge in [0, 0.05) is 129 Å². The Morgan fingerprint density at radius 1 is 0.163 bits per heavy atom. The first-order valence-electron chi connectivity index (χ1n) is 28.6. The molecule has 0 amide bonds. The number of pyridine rings is 12. The van der Waals surface area contributed by atoms with Crippen LogP contribution in [0.1, 0.15) is 66.8 Å². The molecule has 86 heavy (non-hydrogen) atoms. The van der Waals surface area contributed by atoms with Crippen LogP contribution in [0.4, 0.5) is 0 Å². The predicted molar refractivity (Wildman–Crippen MR) is 339 cm³/mol. The van der Waals surface area contributed by atoms with Crippen LogP contribution in [0.3, 0.4) is 0 Å². The normalized spacial score (nSPS) is 10.5. The maximum absolute atomic E-state index is 4.54. The zero-order chi connectivity index (χ0) is 57.1. The Morgan fingerprint density at radius 2 is 0.279 bits per heavy atom. The molecule has 12 rings (SSSR count). The Labute approximate surface area is 516 Å². The van der Waals surface area contributed by atoms with E-state index in [0.717, 1.165) is 111 Å². The van der Waals surface area contributed by atoms with Gasteiger partial charge in [0.15, 0.2) is 0 Å². The van der Waals surface area contributed by atoms with Crippen LogP contribution < -0.4 is 0 Å². The van der Waals surface area contributed by atoms with Crippen molar-refractivity contribution >= 4 is 0 Å². The van der Waals surface area contributed by atoms with Crippen LogP contribution in [0.15, 0.2) is 257 Å². The molecule has 430 valence electrons. The maximum atomic E-state index is 4.54. The first-order valence-corrected chi connectivity index (χ1v) is 28.6. The largest absolute Gasteiger partial charge is 0.358 e. The van der Waals surface area contributed by atoms with Crippen LogP contribution in [0.25, 0.3) is 34.2 Å². The fraction of sp³-hybridized carbons (Fsp3) is 0.164. The standard InChI is InChI=1S/3C24H22N4.CH3.Fe/c3*1(19-5-11-25-12-6-19)3-21-9-15-27-23(17-21)24-18-22(10-16-28-24)4-2-20-7-13-26-14-8-20;;/h3*5-18H,1-4H2;1H3;/q;;;-1;. The van der Waals surface area contributed by atoms with Gasteiger partial charge in [-0.25, -0.2) is 0 Å². The van der Waals surface area contributed by atoms with Gasteiger partial charge in [-0.15, -0.1) is 0 Å². The number of hydrogen-bond donors (Lipinski definition) is 0. The third-order valence-electron chi connectivity index (χ3n) is 14.4. The number of nitrogens with zero attached hydrogens (tertiary/aromatic N) is 12. The summed E-state index contributed by atoms with van der Waals surface area (Å²) in [7, 11) is 0. The number of aryl methyl sites for hydroxylation is 12. The van der Waals surface area contributed by atoms with Crippen LogP contribution in [0.2, 0.25) is 0 Å². The van der Waals surface area contributed by atoms with Gasteiger partial charge in [-0.2, -0.15) is 0 Å². The molecule has 12 aromatic heterocycles. The summed E-state index contributed by atoms with van der Waals surface area (Å²) in [6.07, 6.45) is 45.2. The van der Waals surface area contributed by atoms with Crippen LogP contribution in [-0.2, 0) is 94.1 Å². The molecule has 0 atom stereocenters. The van der Waals surface area contributed by atoms with Crippen molar-refractivity contribution in [1.82, 2.24) is 59.8 Å². The maximum Gasteiger partial charge on any atom is 0.0888 e. The second-order valence-corrected chi connectivity index (χ2v) is 20.4. The second kappa shape index (κ2) is 34.2. The Balaban J connectivity index is 0.000000166. The molecule has 0 saturated carbocycles. The van der Waals surface area contributed by atoms with Crippen molar-refractivity contribution in [3.05, 3.63) is 331 Å². The Morgan fingerprint density at radius 3 is 0.419 bits per heavy atom. The van der Waals surface area contributed by atoms with Gasteiger partial charge in [0.25, 0.3) is 0 Å². The van der Waals surface area contributed by atoms with Crippen molar-refractivity contribution in [1.29, 1.82) is 0 Å². The van der Waals surface area contributed by atoms with E-state index in [2.05, 4.69) is 205 Å². The summed E-state index contributed by atoms with van der Waals surface area (Å²) in [6.45, 7) is 0. The molecule has 0 unspecified atom stereocenters. The van der Waals surface area contributed by atoms with E-state index < -0.39 is 0 Å². The molecular formula is C73H69FeN12-. The summed E-state index contributed by atoms with van der Waals surface area (Å²) in [6, 6.07) is 50.2. The van der Waals surface area contributed by atoms with Crippen molar-refractivity contribution < 1.29 is 17.1 Å². The van der Waals surface area contributed by atoms with Crippen molar-refractivity contribution in [2.75, 3.05) is 0 Å². The van der Waals surface area contributed by atoms with Crippen molar-refractivity contribution in [3.8, 4) is 34.2 Å². The molecule has 0 aromatic carbocycles. The van der Waals surface area contributed by atoms with Crippen LogP contribution in [0.5, 0.6) is 0 Å². The molecule has 12 aromatic rings. The Kier molecular flexibility index (Phi) is 24.8. The summed E-state index contributed by atoms with van der Waals surface area (Å²) in [5, 5.41) is 0. The summed E-state index contributed by atoms with van der Waals surface area (Å²) in [4.78, 5) is 51.7. The summed E-state index contributed by atoms with van der Waals surface area (Å²) in [5.74, 6) is 0. The van der Waals surface area contributed by atoms with E-state index in [4.69, 9.17) is 0 Å². The Bertz CT molecular complexity index is 3210. The summed E-state index contributed by atoms with van der Waals surface area (Å²) < 4.78 is 0. The van der Waals surface area contributed by atoms with Gasteiger partial charge in [-0.1, -0.05) is 0 Å². The number of aromatic nitrogens is 12. The molecule has 0 aliphatic carbocycles. The molecule has 12 nitrogen and oxygen atoms in total. The molecule has 0 bridgehead atoms. The quantitative estimate of drug-likeness (QED) is 0.0497. The average Bonchev–Trinajstić information content (AvgIpc) is 3.67. The third-order valence-corrected chi connectivity index (χ3v) is 14.4. The van der Waals surface area contributed by atoms with E-state index in [0.29, 0.717) is 0 Å². The zero-order valence-corrected chi connectivity index (χ0v) is 49.6. The summed E-state index contributed by atoms with van der Waals surface area (Å²) in [5.41, 5.74) is 21.0. The first kappa shape index (κ1) is 62.4. The zero-order valence-electron chi connectivity index (χ0n) is 48.5. The molecule has 0 aliphatic heterocycles. The van der Waals surface area contributed by atoms with E-state index >= 15 is 0 Å².